The Morgan fingerprint density at radius 3 is 2.53 bits per heavy atom. The maximum atomic E-state index is 12.5. The fraction of sp³-hybridized carbons (Fsp3) is 0.455. The monoisotopic (exact) mass is 249 g/mol. The second-order valence-electron chi connectivity index (χ2n) is 3.46. The number of halogens is 3. The average molecular weight is 249 g/mol. The van der Waals surface area contributed by atoms with Crippen LogP contribution in [0.2, 0.25) is 0 Å². The van der Waals surface area contributed by atoms with Gasteiger partial charge in [0.15, 0.2) is 0 Å². The molecule has 0 unspecified atom stereocenters. The average Bonchev–Trinajstić information content (AvgIpc) is 2.25. The van der Waals surface area contributed by atoms with Crippen LogP contribution in [-0.2, 0) is 22.3 Å². The molecule has 0 aliphatic carbocycles. The van der Waals surface area contributed by atoms with E-state index in [2.05, 4.69) is 0 Å². The first-order valence-corrected chi connectivity index (χ1v) is 4.97. The zero-order chi connectivity index (χ0) is 12.9. The molecule has 0 aromatic heterocycles. The Kier molecular flexibility index (Phi) is 4.77. The van der Waals surface area contributed by atoms with E-state index < -0.39 is 11.7 Å². The number of benzene rings is 1. The fourth-order valence-electron chi connectivity index (χ4n) is 1.27. The summed E-state index contributed by atoms with van der Waals surface area (Å²) in [7, 11) is 1.52. The summed E-state index contributed by atoms with van der Waals surface area (Å²) in [5.41, 5.74) is 4.60. The number of hydrogen-bond donors (Lipinski definition) is 1. The number of hydrogen-bond acceptors (Lipinski definition) is 3. The molecule has 1 rings (SSSR count). The predicted octanol–water partition coefficient (Wildman–Crippen LogP) is 2.45. The molecule has 0 saturated carbocycles. The van der Waals surface area contributed by atoms with Gasteiger partial charge in [-0.2, -0.15) is 13.2 Å². The van der Waals surface area contributed by atoms with Gasteiger partial charge in [-0.05, 0) is 17.7 Å². The van der Waals surface area contributed by atoms with E-state index in [1.54, 1.807) is 0 Å². The zero-order valence-corrected chi connectivity index (χ0v) is 9.38. The van der Waals surface area contributed by atoms with Crippen LogP contribution >= 0.6 is 0 Å². The maximum Gasteiger partial charge on any atom is 0.418 e. The molecule has 0 aliphatic heterocycles. The molecule has 0 bridgehead atoms. The second-order valence-corrected chi connectivity index (χ2v) is 3.46. The third-order valence-electron chi connectivity index (χ3n) is 2.12. The third kappa shape index (κ3) is 4.24. The minimum atomic E-state index is -4.44. The van der Waals surface area contributed by atoms with Crippen LogP contribution in [0.15, 0.2) is 18.2 Å². The van der Waals surface area contributed by atoms with Crippen molar-refractivity contribution >= 4 is 5.69 Å². The van der Waals surface area contributed by atoms with Crippen molar-refractivity contribution < 1.29 is 22.6 Å². The topological polar surface area (TPSA) is 44.5 Å². The highest BCUT2D eigenvalue weighted by atomic mass is 19.4. The molecule has 6 heteroatoms. The molecule has 0 saturated heterocycles. The number of nitrogens with two attached hydrogens (primary N) is 1. The quantitative estimate of drug-likeness (QED) is 0.644. The first-order valence-electron chi connectivity index (χ1n) is 4.97. The summed E-state index contributed by atoms with van der Waals surface area (Å²) in [5.74, 6) is 0. The van der Waals surface area contributed by atoms with Gasteiger partial charge in [0.1, 0.15) is 0 Å². The number of rotatable bonds is 5. The van der Waals surface area contributed by atoms with Crippen molar-refractivity contribution in [3.8, 4) is 0 Å². The summed E-state index contributed by atoms with van der Waals surface area (Å²) >= 11 is 0. The molecule has 0 radical (unpaired) electrons. The van der Waals surface area contributed by atoms with E-state index in [9.17, 15) is 13.2 Å². The lowest BCUT2D eigenvalue weighted by molar-refractivity contribution is -0.137. The Morgan fingerprint density at radius 1 is 1.24 bits per heavy atom. The van der Waals surface area contributed by atoms with Crippen LogP contribution in [0.5, 0.6) is 0 Å². The highest BCUT2D eigenvalue weighted by Crippen LogP contribution is 2.34. The van der Waals surface area contributed by atoms with Gasteiger partial charge in [0.2, 0.25) is 0 Å². The summed E-state index contributed by atoms with van der Waals surface area (Å²) in [4.78, 5) is 0. The Morgan fingerprint density at radius 2 is 1.94 bits per heavy atom. The molecule has 0 amide bonds. The van der Waals surface area contributed by atoms with E-state index in [0.717, 1.165) is 6.07 Å². The van der Waals surface area contributed by atoms with Crippen LogP contribution < -0.4 is 5.73 Å². The fourth-order valence-corrected chi connectivity index (χ4v) is 1.27. The Labute approximate surface area is 97.3 Å². The van der Waals surface area contributed by atoms with Gasteiger partial charge >= 0.3 is 6.18 Å². The largest absolute Gasteiger partial charge is 0.418 e. The van der Waals surface area contributed by atoms with E-state index in [4.69, 9.17) is 15.2 Å². The van der Waals surface area contributed by atoms with Crippen LogP contribution in [0, 0.1) is 0 Å². The molecule has 0 fully saturated rings. The molecule has 0 heterocycles. The summed E-state index contributed by atoms with van der Waals surface area (Å²) in [6.07, 6.45) is -4.44. The van der Waals surface area contributed by atoms with Crippen LogP contribution in [0.4, 0.5) is 18.9 Å². The summed E-state index contributed by atoms with van der Waals surface area (Å²) in [6, 6.07) is 3.75. The minimum Gasteiger partial charge on any atom is -0.398 e. The maximum absolute atomic E-state index is 12.5. The van der Waals surface area contributed by atoms with Gasteiger partial charge in [-0.15, -0.1) is 0 Å². The van der Waals surface area contributed by atoms with Gasteiger partial charge in [-0.25, -0.2) is 0 Å². The molecule has 1 aromatic carbocycles. The van der Waals surface area contributed by atoms with Gasteiger partial charge in [0.25, 0.3) is 0 Å². The summed E-state index contributed by atoms with van der Waals surface area (Å²) < 4.78 is 47.5. The molecule has 0 spiro atoms. The van der Waals surface area contributed by atoms with Crippen LogP contribution in [0.3, 0.4) is 0 Å². The molecule has 2 N–H and O–H groups in total. The lowest BCUT2D eigenvalue weighted by Crippen LogP contribution is -2.10. The smallest absolute Gasteiger partial charge is 0.398 e. The van der Waals surface area contributed by atoms with Crippen LogP contribution in [0.1, 0.15) is 11.1 Å². The van der Waals surface area contributed by atoms with E-state index in [0.29, 0.717) is 18.8 Å². The SMILES string of the molecule is COCCOCc1ccc(N)c(C(F)(F)F)c1. The van der Waals surface area contributed by atoms with E-state index in [1.165, 1.54) is 19.2 Å². The Bertz CT molecular complexity index is 366. The normalized spacial score (nSPS) is 11.8. The number of anilines is 1. The highest BCUT2D eigenvalue weighted by Gasteiger charge is 2.32. The molecule has 1 aromatic rings. The molecule has 17 heavy (non-hydrogen) atoms. The molecule has 3 nitrogen and oxygen atoms in total. The summed E-state index contributed by atoms with van der Waals surface area (Å²) in [6.45, 7) is 0.843. The lowest BCUT2D eigenvalue weighted by Gasteiger charge is -2.12. The van der Waals surface area contributed by atoms with Crippen LogP contribution in [0.25, 0.3) is 0 Å². The first-order chi connectivity index (χ1) is 7.95. The van der Waals surface area contributed by atoms with Crippen LogP contribution in [-0.4, -0.2) is 20.3 Å². The summed E-state index contributed by atoms with van der Waals surface area (Å²) in [5, 5.41) is 0. The van der Waals surface area contributed by atoms with Crippen molar-refractivity contribution in [2.75, 3.05) is 26.1 Å². The van der Waals surface area contributed by atoms with E-state index in [-0.39, 0.29) is 12.3 Å². The molecule has 0 atom stereocenters. The van der Waals surface area contributed by atoms with Crippen molar-refractivity contribution in [1.29, 1.82) is 0 Å². The highest BCUT2D eigenvalue weighted by molar-refractivity contribution is 5.50. The van der Waals surface area contributed by atoms with E-state index in [1.807, 2.05) is 0 Å². The first kappa shape index (κ1) is 13.8. The predicted molar refractivity (Wildman–Crippen MR) is 57.4 cm³/mol. The number of nitrogen functional groups attached to an aromatic ring is 1. The molecule has 96 valence electrons. The third-order valence-corrected chi connectivity index (χ3v) is 2.12. The van der Waals surface area contributed by atoms with Gasteiger partial charge < -0.3 is 15.2 Å². The zero-order valence-electron chi connectivity index (χ0n) is 9.38. The van der Waals surface area contributed by atoms with Gasteiger partial charge in [0.05, 0.1) is 25.4 Å². The van der Waals surface area contributed by atoms with Crippen molar-refractivity contribution in [2.45, 2.75) is 12.8 Å². The Hall–Kier alpha value is -1.27. The van der Waals surface area contributed by atoms with Gasteiger partial charge in [0, 0.05) is 12.8 Å². The van der Waals surface area contributed by atoms with Gasteiger partial charge in [-0.3, -0.25) is 0 Å². The van der Waals surface area contributed by atoms with E-state index >= 15 is 0 Å². The molecule has 0 aliphatic rings. The number of ether oxygens (including phenoxy) is 2. The molecular formula is C11H14F3NO2. The van der Waals surface area contributed by atoms with Gasteiger partial charge in [-0.1, -0.05) is 6.07 Å². The number of alkyl halides is 3. The minimum absolute atomic E-state index is 0.104. The second kappa shape index (κ2) is 5.88. The van der Waals surface area contributed by atoms with Crippen molar-refractivity contribution in [1.82, 2.24) is 0 Å². The molecular weight excluding hydrogens is 235 g/mol. The van der Waals surface area contributed by atoms with Crippen molar-refractivity contribution in [3.63, 3.8) is 0 Å². The van der Waals surface area contributed by atoms with Crippen molar-refractivity contribution in [2.24, 2.45) is 0 Å². The van der Waals surface area contributed by atoms with Crippen molar-refractivity contribution in [3.05, 3.63) is 29.3 Å². The lowest BCUT2D eigenvalue weighted by atomic mass is 10.1. The standard InChI is InChI=1S/C11H14F3NO2/c1-16-4-5-17-7-8-2-3-10(15)9(6-8)11(12,13)14/h2-3,6H,4-5,7,15H2,1H3. The number of methoxy groups -OCH3 is 1. The Balaban J connectivity index is 2.69.